The van der Waals surface area contributed by atoms with E-state index in [1.54, 1.807) is 0 Å². The number of benzene rings is 1. The van der Waals surface area contributed by atoms with Crippen molar-refractivity contribution in [3.05, 3.63) is 29.8 Å². The Morgan fingerprint density at radius 1 is 1.50 bits per heavy atom. The van der Waals surface area contributed by atoms with Gasteiger partial charge < -0.3 is 15.4 Å². The molecule has 4 heteroatoms. The summed E-state index contributed by atoms with van der Waals surface area (Å²) in [6.45, 7) is 5.68. The van der Waals surface area contributed by atoms with Gasteiger partial charge in [0.1, 0.15) is 5.75 Å². The Hall–Kier alpha value is -1.55. The monoisotopic (exact) mass is 276 g/mol. The summed E-state index contributed by atoms with van der Waals surface area (Å²) < 4.78 is 5.63. The maximum atomic E-state index is 12.2. The zero-order chi connectivity index (χ0) is 14.5. The number of amides is 1. The molecule has 1 fully saturated rings. The quantitative estimate of drug-likeness (QED) is 0.914. The van der Waals surface area contributed by atoms with E-state index >= 15 is 0 Å². The largest absolute Gasteiger partial charge is 0.484 e. The molecule has 110 valence electrons. The van der Waals surface area contributed by atoms with Crippen molar-refractivity contribution in [2.45, 2.75) is 32.7 Å². The molecule has 0 saturated carbocycles. The molecule has 0 aliphatic carbocycles. The number of carbonyl (C=O) groups is 1. The number of carbonyl (C=O) groups excluding carboxylic acids is 1. The highest BCUT2D eigenvalue weighted by molar-refractivity contribution is 5.77. The average Bonchev–Trinajstić information content (AvgIpc) is 2.46. The molecule has 1 amide bonds. The Morgan fingerprint density at radius 2 is 2.25 bits per heavy atom. The van der Waals surface area contributed by atoms with Gasteiger partial charge in [0.2, 0.25) is 0 Å². The van der Waals surface area contributed by atoms with Gasteiger partial charge in [0, 0.05) is 19.1 Å². The summed E-state index contributed by atoms with van der Waals surface area (Å²) in [6.07, 6.45) is 2.14. The lowest BCUT2D eigenvalue weighted by atomic mass is 9.92. The first-order chi connectivity index (χ1) is 9.58. The van der Waals surface area contributed by atoms with Crippen molar-refractivity contribution in [2.24, 2.45) is 11.7 Å². The van der Waals surface area contributed by atoms with Crippen molar-refractivity contribution in [3.8, 4) is 5.75 Å². The number of ether oxygens (including phenoxy) is 1. The first-order valence-corrected chi connectivity index (χ1v) is 7.29. The van der Waals surface area contributed by atoms with Gasteiger partial charge in [-0.2, -0.15) is 0 Å². The number of aryl methyl sites for hydroxylation is 1. The number of hydrogen-bond donors (Lipinski definition) is 1. The van der Waals surface area contributed by atoms with Crippen LogP contribution >= 0.6 is 0 Å². The molecule has 0 bridgehead atoms. The molecule has 4 nitrogen and oxygen atoms in total. The first-order valence-electron chi connectivity index (χ1n) is 7.29. The molecule has 2 unspecified atom stereocenters. The van der Waals surface area contributed by atoms with Crippen LogP contribution in [-0.2, 0) is 4.79 Å². The summed E-state index contributed by atoms with van der Waals surface area (Å²) in [5, 5.41) is 0. The summed E-state index contributed by atoms with van der Waals surface area (Å²) >= 11 is 0. The zero-order valence-electron chi connectivity index (χ0n) is 12.3. The van der Waals surface area contributed by atoms with E-state index in [0.29, 0.717) is 5.92 Å². The number of hydrogen-bond acceptors (Lipinski definition) is 3. The van der Waals surface area contributed by atoms with Crippen molar-refractivity contribution in [1.29, 1.82) is 0 Å². The second-order valence-corrected chi connectivity index (χ2v) is 5.66. The Bertz CT molecular complexity index is 460. The van der Waals surface area contributed by atoms with Crippen LogP contribution in [-0.4, -0.2) is 36.5 Å². The molecule has 0 aromatic heterocycles. The van der Waals surface area contributed by atoms with E-state index in [4.69, 9.17) is 10.5 Å². The van der Waals surface area contributed by atoms with E-state index in [-0.39, 0.29) is 18.6 Å². The van der Waals surface area contributed by atoms with Crippen molar-refractivity contribution in [3.63, 3.8) is 0 Å². The van der Waals surface area contributed by atoms with E-state index in [1.807, 2.05) is 43.0 Å². The van der Waals surface area contributed by atoms with Crippen LogP contribution in [0.15, 0.2) is 24.3 Å². The minimum Gasteiger partial charge on any atom is -0.484 e. The highest BCUT2D eigenvalue weighted by Crippen LogP contribution is 2.20. The van der Waals surface area contributed by atoms with E-state index in [1.165, 1.54) is 0 Å². The molecule has 2 atom stereocenters. The van der Waals surface area contributed by atoms with Crippen molar-refractivity contribution in [2.75, 3.05) is 19.7 Å². The third-order valence-electron chi connectivity index (χ3n) is 4.00. The second-order valence-electron chi connectivity index (χ2n) is 5.66. The van der Waals surface area contributed by atoms with Crippen LogP contribution in [0.1, 0.15) is 25.3 Å². The second kappa shape index (κ2) is 6.75. The lowest BCUT2D eigenvalue weighted by Gasteiger charge is -2.34. The van der Waals surface area contributed by atoms with Gasteiger partial charge in [0.05, 0.1) is 0 Å². The van der Waals surface area contributed by atoms with Gasteiger partial charge in [-0.1, -0.05) is 18.2 Å². The van der Waals surface area contributed by atoms with E-state index in [2.05, 4.69) is 0 Å². The van der Waals surface area contributed by atoms with Crippen molar-refractivity contribution >= 4 is 5.91 Å². The molecule has 0 radical (unpaired) electrons. The van der Waals surface area contributed by atoms with Crippen LogP contribution in [0.3, 0.4) is 0 Å². The maximum absolute atomic E-state index is 12.2. The van der Waals surface area contributed by atoms with Crippen LogP contribution < -0.4 is 10.5 Å². The van der Waals surface area contributed by atoms with Crippen LogP contribution in [0.5, 0.6) is 5.75 Å². The SMILES string of the molecule is Cc1ccccc1OCC(=O)N1CCCC(C(C)N)C1. The third kappa shape index (κ3) is 3.73. The molecule has 2 N–H and O–H groups in total. The standard InChI is InChI=1S/C16H24N2O2/c1-12-6-3-4-8-15(12)20-11-16(19)18-9-5-7-14(10-18)13(2)17/h3-4,6,8,13-14H,5,7,9-11,17H2,1-2H3. The van der Waals surface area contributed by atoms with Crippen molar-refractivity contribution < 1.29 is 9.53 Å². The number of rotatable bonds is 4. The Balaban J connectivity index is 1.87. The van der Waals surface area contributed by atoms with Crippen LogP contribution in [0.2, 0.25) is 0 Å². The molecule has 1 aliphatic rings. The Kier molecular flexibility index (Phi) is 5.01. The Labute approximate surface area is 120 Å². The predicted molar refractivity (Wildman–Crippen MR) is 79.6 cm³/mol. The molecule has 20 heavy (non-hydrogen) atoms. The van der Waals surface area contributed by atoms with Gasteiger partial charge >= 0.3 is 0 Å². The molecule has 1 aromatic rings. The topological polar surface area (TPSA) is 55.6 Å². The molecular formula is C16H24N2O2. The molecule has 0 spiro atoms. The Morgan fingerprint density at radius 3 is 2.95 bits per heavy atom. The third-order valence-corrected chi connectivity index (χ3v) is 4.00. The molecule has 1 saturated heterocycles. The average molecular weight is 276 g/mol. The minimum absolute atomic E-state index is 0.0543. The summed E-state index contributed by atoms with van der Waals surface area (Å²) in [4.78, 5) is 14.1. The van der Waals surface area contributed by atoms with E-state index in [9.17, 15) is 4.79 Å². The van der Waals surface area contributed by atoms with Gasteiger partial charge in [-0.25, -0.2) is 0 Å². The van der Waals surface area contributed by atoms with E-state index < -0.39 is 0 Å². The van der Waals surface area contributed by atoms with Crippen LogP contribution in [0.25, 0.3) is 0 Å². The summed E-state index contributed by atoms with van der Waals surface area (Å²) in [5.41, 5.74) is 6.99. The van der Waals surface area contributed by atoms with Gasteiger partial charge in [-0.15, -0.1) is 0 Å². The molecule has 1 heterocycles. The highest BCUT2D eigenvalue weighted by Gasteiger charge is 2.25. The maximum Gasteiger partial charge on any atom is 0.260 e. The summed E-state index contributed by atoms with van der Waals surface area (Å²) in [5.74, 6) is 1.24. The highest BCUT2D eigenvalue weighted by atomic mass is 16.5. The number of likely N-dealkylation sites (tertiary alicyclic amines) is 1. The number of piperidine rings is 1. The van der Waals surface area contributed by atoms with Crippen molar-refractivity contribution in [1.82, 2.24) is 4.90 Å². The smallest absolute Gasteiger partial charge is 0.260 e. The van der Waals surface area contributed by atoms with Gasteiger partial charge in [0.25, 0.3) is 5.91 Å². The summed E-state index contributed by atoms with van der Waals surface area (Å²) in [7, 11) is 0. The van der Waals surface area contributed by atoms with Gasteiger partial charge in [0.15, 0.2) is 6.61 Å². The van der Waals surface area contributed by atoms with E-state index in [0.717, 1.165) is 37.2 Å². The van der Waals surface area contributed by atoms with Gasteiger partial charge in [-0.05, 0) is 44.2 Å². The fourth-order valence-corrected chi connectivity index (χ4v) is 2.61. The van der Waals surface area contributed by atoms with Gasteiger partial charge in [-0.3, -0.25) is 4.79 Å². The predicted octanol–water partition coefficient (Wildman–Crippen LogP) is 1.96. The zero-order valence-corrected chi connectivity index (χ0v) is 12.3. The molecule has 2 rings (SSSR count). The fourth-order valence-electron chi connectivity index (χ4n) is 2.61. The molecular weight excluding hydrogens is 252 g/mol. The normalized spacial score (nSPS) is 20.6. The number of nitrogens with two attached hydrogens (primary N) is 1. The number of nitrogens with zero attached hydrogens (tertiary/aromatic N) is 1. The fraction of sp³-hybridized carbons (Fsp3) is 0.562. The minimum atomic E-state index is 0.0543. The lowest BCUT2D eigenvalue weighted by molar-refractivity contribution is -0.135. The van der Waals surface area contributed by atoms with Crippen LogP contribution in [0, 0.1) is 12.8 Å². The summed E-state index contributed by atoms with van der Waals surface area (Å²) in [6, 6.07) is 7.89. The molecule has 1 aliphatic heterocycles. The number of para-hydroxylation sites is 1. The first kappa shape index (κ1) is 14.9. The lowest BCUT2D eigenvalue weighted by Crippen LogP contribution is -2.46. The molecule has 1 aromatic carbocycles. The van der Waals surface area contributed by atoms with Crippen LogP contribution in [0.4, 0.5) is 0 Å².